The van der Waals surface area contributed by atoms with Crippen LogP contribution in [0, 0.1) is 6.92 Å². The van der Waals surface area contributed by atoms with Crippen molar-refractivity contribution in [2.45, 2.75) is 27.3 Å². The number of furan rings is 1. The summed E-state index contributed by atoms with van der Waals surface area (Å²) in [5, 5.41) is 11.5. The second-order valence-electron chi connectivity index (χ2n) is 3.64. The van der Waals surface area contributed by atoms with Gasteiger partial charge in [0.15, 0.2) is 0 Å². The zero-order valence-corrected chi connectivity index (χ0v) is 10.0. The number of carboxylic acids is 1. The fourth-order valence-electron chi connectivity index (χ4n) is 1.28. The van der Waals surface area contributed by atoms with Crippen molar-refractivity contribution in [3.63, 3.8) is 0 Å². The van der Waals surface area contributed by atoms with Crippen molar-refractivity contribution in [2.24, 2.45) is 0 Å². The third-order valence-corrected chi connectivity index (χ3v) is 2.41. The van der Waals surface area contributed by atoms with Crippen molar-refractivity contribution in [1.82, 2.24) is 5.32 Å². The Bertz CT molecular complexity index is 471. The molecule has 0 saturated carbocycles. The predicted molar refractivity (Wildman–Crippen MR) is 61.7 cm³/mol. The lowest BCUT2D eigenvalue weighted by Gasteiger charge is -2.02. The van der Waals surface area contributed by atoms with Crippen LogP contribution < -0.4 is 5.32 Å². The molecule has 0 radical (unpaired) electrons. The zero-order valence-electron chi connectivity index (χ0n) is 10.0. The van der Waals surface area contributed by atoms with E-state index in [4.69, 9.17) is 9.52 Å². The maximum atomic E-state index is 11.4. The van der Waals surface area contributed by atoms with E-state index in [2.05, 4.69) is 5.32 Å². The van der Waals surface area contributed by atoms with Gasteiger partial charge < -0.3 is 14.8 Å². The monoisotopic (exact) mass is 237 g/mol. The number of aromatic carboxylic acids is 1. The van der Waals surface area contributed by atoms with Gasteiger partial charge in [-0.1, -0.05) is 6.08 Å². The number of hydrogen-bond acceptors (Lipinski definition) is 3. The van der Waals surface area contributed by atoms with Gasteiger partial charge in [0.2, 0.25) is 5.91 Å². The van der Waals surface area contributed by atoms with Gasteiger partial charge in [-0.25, -0.2) is 4.79 Å². The van der Waals surface area contributed by atoms with Crippen molar-refractivity contribution in [2.75, 3.05) is 0 Å². The summed E-state index contributed by atoms with van der Waals surface area (Å²) < 4.78 is 5.22. The van der Waals surface area contributed by atoms with Crippen LogP contribution in [0.1, 0.15) is 35.7 Å². The molecule has 0 aromatic carbocycles. The van der Waals surface area contributed by atoms with Crippen LogP contribution in [0.4, 0.5) is 0 Å². The molecule has 5 nitrogen and oxygen atoms in total. The van der Waals surface area contributed by atoms with E-state index in [-0.39, 0.29) is 18.0 Å². The van der Waals surface area contributed by atoms with Crippen LogP contribution in [0.2, 0.25) is 0 Å². The van der Waals surface area contributed by atoms with Gasteiger partial charge in [0.05, 0.1) is 6.54 Å². The number of carboxylic acid groups (broad SMARTS) is 1. The van der Waals surface area contributed by atoms with E-state index in [1.807, 2.05) is 0 Å². The minimum atomic E-state index is -1.03. The van der Waals surface area contributed by atoms with Gasteiger partial charge in [-0.3, -0.25) is 4.79 Å². The van der Waals surface area contributed by atoms with Gasteiger partial charge in [-0.15, -0.1) is 0 Å². The highest BCUT2D eigenvalue weighted by atomic mass is 16.4. The van der Waals surface area contributed by atoms with Crippen LogP contribution in [-0.4, -0.2) is 17.0 Å². The lowest BCUT2D eigenvalue weighted by molar-refractivity contribution is -0.117. The molecule has 0 aliphatic heterocycles. The molecule has 0 saturated heterocycles. The van der Waals surface area contributed by atoms with E-state index in [1.165, 1.54) is 6.07 Å². The zero-order chi connectivity index (χ0) is 13.0. The molecule has 0 fully saturated rings. The molecule has 1 amide bonds. The second kappa shape index (κ2) is 5.34. The van der Waals surface area contributed by atoms with Crippen molar-refractivity contribution in [1.29, 1.82) is 0 Å². The summed E-state index contributed by atoms with van der Waals surface area (Å²) in [5.41, 5.74) is 0.726. The molecule has 1 rings (SSSR count). The van der Waals surface area contributed by atoms with Crippen LogP contribution in [0.25, 0.3) is 0 Å². The Morgan fingerprint density at radius 2 is 2.18 bits per heavy atom. The molecule has 0 bridgehead atoms. The predicted octanol–water partition coefficient (Wildman–Crippen LogP) is 1.87. The Hall–Kier alpha value is -2.04. The Balaban J connectivity index is 2.68. The van der Waals surface area contributed by atoms with Gasteiger partial charge in [0.25, 0.3) is 0 Å². The Kier molecular flexibility index (Phi) is 4.09. The minimum Gasteiger partial charge on any atom is -0.478 e. The van der Waals surface area contributed by atoms with Crippen LogP contribution in [0.5, 0.6) is 0 Å². The summed E-state index contributed by atoms with van der Waals surface area (Å²) in [6.07, 6.45) is 1.70. The first-order valence-electron chi connectivity index (χ1n) is 5.19. The topological polar surface area (TPSA) is 79.5 Å². The SMILES string of the molecule is C/C=C(/C)C(=O)NCc1cc(C(=O)O)c(C)o1. The van der Waals surface area contributed by atoms with Crippen molar-refractivity contribution in [3.8, 4) is 0 Å². The van der Waals surface area contributed by atoms with Crippen LogP contribution in [0.3, 0.4) is 0 Å². The average molecular weight is 237 g/mol. The summed E-state index contributed by atoms with van der Waals surface area (Å²) in [6, 6.07) is 1.42. The first-order valence-corrected chi connectivity index (χ1v) is 5.19. The van der Waals surface area contributed by atoms with Crippen molar-refractivity contribution >= 4 is 11.9 Å². The molecule has 0 atom stereocenters. The van der Waals surface area contributed by atoms with Crippen molar-refractivity contribution < 1.29 is 19.1 Å². The normalized spacial score (nSPS) is 11.4. The highest BCUT2D eigenvalue weighted by Gasteiger charge is 2.14. The Morgan fingerprint density at radius 3 is 2.65 bits per heavy atom. The molecule has 0 spiro atoms. The van der Waals surface area contributed by atoms with E-state index in [0.717, 1.165) is 0 Å². The molecule has 1 aromatic rings. The molecule has 0 aliphatic carbocycles. The highest BCUT2D eigenvalue weighted by Crippen LogP contribution is 2.14. The van der Waals surface area contributed by atoms with Gasteiger partial charge in [0, 0.05) is 5.57 Å². The smallest absolute Gasteiger partial charge is 0.339 e. The molecule has 17 heavy (non-hydrogen) atoms. The van der Waals surface area contributed by atoms with Crippen molar-refractivity contribution in [3.05, 3.63) is 34.8 Å². The standard InChI is InChI=1S/C12H15NO4/c1-4-7(2)11(14)13-6-9-5-10(12(15)16)8(3)17-9/h4-5H,6H2,1-3H3,(H,13,14)(H,15,16)/b7-4-. The van der Waals surface area contributed by atoms with Crippen LogP contribution in [0.15, 0.2) is 22.1 Å². The molecule has 2 N–H and O–H groups in total. The molecule has 1 heterocycles. The highest BCUT2D eigenvalue weighted by molar-refractivity contribution is 5.92. The molecule has 0 aliphatic rings. The number of aryl methyl sites for hydroxylation is 1. The fraction of sp³-hybridized carbons (Fsp3) is 0.333. The molecule has 0 unspecified atom stereocenters. The number of carbonyl (C=O) groups is 2. The molecular formula is C12H15NO4. The van der Waals surface area contributed by atoms with E-state index >= 15 is 0 Å². The summed E-state index contributed by atoms with van der Waals surface area (Å²) in [4.78, 5) is 22.2. The molecule has 92 valence electrons. The first-order chi connectivity index (χ1) is 7.95. The van der Waals surface area contributed by atoms with Gasteiger partial charge in [-0.05, 0) is 26.8 Å². The summed E-state index contributed by atoms with van der Waals surface area (Å²) >= 11 is 0. The summed E-state index contributed by atoms with van der Waals surface area (Å²) in [7, 11) is 0. The number of nitrogens with one attached hydrogen (secondary N) is 1. The maximum Gasteiger partial charge on any atom is 0.339 e. The van der Waals surface area contributed by atoms with E-state index in [0.29, 0.717) is 17.1 Å². The maximum absolute atomic E-state index is 11.4. The number of rotatable bonds is 4. The first kappa shape index (κ1) is 13.0. The summed E-state index contributed by atoms with van der Waals surface area (Å²) in [6.45, 7) is 5.23. The van der Waals surface area contributed by atoms with Gasteiger partial charge >= 0.3 is 5.97 Å². The van der Waals surface area contributed by atoms with E-state index < -0.39 is 5.97 Å². The third-order valence-electron chi connectivity index (χ3n) is 2.41. The average Bonchev–Trinajstić information content (AvgIpc) is 2.66. The number of amides is 1. The summed E-state index contributed by atoms with van der Waals surface area (Å²) in [5.74, 6) is -0.464. The third kappa shape index (κ3) is 3.21. The number of allylic oxidation sites excluding steroid dienone is 1. The van der Waals surface area contributed by atoms with E-state index in [9.17, 15) is 9.59 Å². The van der Waals surface area contributed by atoms with Crippen LogP contribution >= 0.6 is 0 Å². The second-order valence-corrected chi connectivity index (χ2v) is 3.64. The number of hydrogen-bond donors (Lipinski definition) is 2. The molecule has 1 aromatic heterocycles. The fourth-order valence-corrected chi connectivity index (χ4v) is 1.28. The largest absolute Gasteiger partial charge is 0.478 e. The lowest BCUT2D eigenvalue weighted by Crippen LogP contribution is -2.23. The van der Waals surface area contributed by atoms with Crippen LogP contribution in [-0.2, 0) is 11.3 Å². The molecule has 5 heteroatoms. The Labute approximate surface area is 99.1 Å². The van der Waals surface area contributed by atoms with Gasteiger partial charge in [0.1, 0.15) is 17.1 Å². The molecular weight excluding hydrogens is 222 g/mol. The van der Waals surface area contributed by atoms with E-state index in [1.54, 1.807) is 26.8 Å². The Morgan fingerprint density at radius 1 is 1.53 bits per heavy atom. The van der Waals surface area contributed by atoms with Gasteiger partial charge in [-0.2, -0.15) is 0 Å². The lowest BCUT2D eigenvalue weighted by atomic mass is 10.2. The number of carbonyl (C=O) groups excluding carboxylic acids is 1. The minimum absolute atomic E-state index is 0.122. The quantitative estimate of drug-likeness (QED) is 0.783.